The van der Waals surface area contributed by atoms with Crippen LogP contribution in [-0.4, -0.2) is 20.2 Å². The van der Waals surface area contributed by atoms with E-state index < -0.39 is 0 Å². The Balaban J connectivity index is 1.66. The average Bonchev–Trinajstić information content (AvgIpc) is 3.00. The number of thioether (sulfide) groups is 2. The quantitative estimate of drug-likeness (QED) is 0.169. The summed E-state index contributed by atoms with van der Waals surface area (Å²) >= 11 is 2.46. The van der Waals surface area contributed by atoms with E-state index in [-0.39, 0.29) is 10.2 Å². The van der Waals surface area contributed by atoms with Crippen LogP contribution in [0.2, 0.25) is 0 Å². The molecule has 0 atom stereocenters. The first-order chi connectivity index (χ1) is 20.4. The summed E-state index contributed by atoms with van der Waals surface area (Å²) in [4.78, 5) is 33.4. The van der Waals surface area contributed by atoms with Gasteiger partial charge in [-0.2, -0.15) is 0 Å². The Hall–Kier alpha value is -4.52. The number of benzene rings is 3. The molecule has 0 aliphatic heterocycles. The molecule has 0 amide bonds. The van der Waals surface area contributed by atoms with Gasteiger partial charge in [0.15, 0.2) is 10.2 Å². The molecule has 0 radical (unpaired) electrons. The molecular formula is C36H28N2O2S2. The third kappa shape index (κ3) is 7.81. The van der Waals surface area contributed by atoms with Crippen molar-refractivity contribution in [2.75, 3.05) is 0 Å². The minimum Gasteiger partial charge on any atom is -0.287 e. The predicted octanol–water partition coefficient (Wildman–Crippen LogP) is 9.43. The first-order valence-corrected chi connectivity index (χ1v) is 15.0. The molecule has 2 aromatic heterocycles. The molecule has 0 saturated heterocycles. The van der Waals surface area contributed by atoms with E-state index >= 15 is 0 Å². The summed E-state index contributed by atoms with van der Waals surface area (Å²) in [6.07, 6.45) is 15.6. The van der Waals surface area contributed by atoms with Crippen LogP contribution in [0.25, 0.3) is 46.6 Å². The van der Waals surface area contributed by atoms with Gasteiger partial charge >= 0.3 is 0 Å². The number of hydrogen-bond donors (Lipinski definition) is 0. The lowest BCUT2D eigenvalue weighted by Gasteiger charge is -2.15. The molecule has 0 spiro atoms. The molecule has 0 unspecified atom stereocenters. The maximum absolute atomic E-state index is 11.6. The number of carbonyl (C=O) groups excluding carboxylic acids is 2. The summed E-state index contributed by atoms with van der Waals surface area (Å²) in [7, 11) is 0. The summed E-state index contributed by atoms with van der Waals surface area (Å²) in [5, 5.41) is 0.119. The van der Waals surface area contributed by atoms with Gasteiger partial charge in [-0.05, 0) is 105 Å². The van der Waals surface area contributed by atoms with Gasteiger partial charge in [-0.15, -0.1) is 0 Å². The summed E-state index contributed by atoms with van der Waals surface area (Å²) < 4.78 is 0. The molecule has 4 nitrogen and oxygen atoms in total. The fourth-order valence-electron chi connectivity index (χ4n) is 4.47. The molecule has 3 aromatic carbocycles. The Morgan fingerprint density at radius 3 is 1.21 bits per heavy atom. The van der Waals surface area contributed by atoms with Gasteiger partial charge < -0.3 is 0 Å². The fraction of sp³-hybridized carbons (Fsp3) is 0.0556. The van der Waals surface area contributed by atoms with Gasteiger partial charge in [0, 0.05) is 48.4 Å². The van der Waals surface area contributed by atoms with Gasteiger partial charge in [0.05, 0.1) is 0 Å². The van der Waals surface area contributed by atoms with Crippen molar-refractivity contribution in [3.63, 3.8) is 0 Å². The lowest BCUT2D eigenvalue weighted by atomic mass is 9.90. The molecule has 42 heavy (non-hydrogen) atoms. The van der Waals surface area contributed by atoms with Crippen molar-refractivity contribution in [1.29, 1.82) is 0 Å². The van der Waals surface area contributed by atoms with E-state index in [0.29, 0.717) is 0 Å². The third-order valence-corrected chi connectivity index (χ3v) is 7.99. The molecule has 0 saturated carbocycles. The van der Waals surface area contributed by atoms with Gasteiger partial charge in [-0.1, -0.05) is 72.1 Å². The molecule has 0 bridgehead atoms. The third-order valence-electron chi connectivity index (χ3n) is 6.40. The van der Waals surface area contributed by atoms with Crippen LogP contribution in [-0.2, 0) is 9.59 Å². The first kappa shape index (κ1) is 29.0. The monoisotopic (exact) mass is 584 g/mol. The van der Waals surface area contributed by atoms with Crippen LogP contribution in [0.5, 0.6) is 0 Å². The Morgan fingerprint density at radius 1 is 0.524 bits per heavy atom. The van der Waals surface area contributed by atoms with Gasteiger partial charge in [-0.3, -0.25) is 19.6 Å². The highest BCUT2D eigenvalue weighted by Gasteiger charge is 2.12. The first-order valence-electron chi connectivity index (χ1n) is 13.4. The Labute approximate surface area is 254 Å². The van der Waals surface area contributed by atoms with E-state index in [4.69, 9.17) is 0 Å². The van der Waals surface area contributed by atoms with Crippen molar-refractivity contribution in [3.8, 4) is 22.3 Å². The normalized spacial score (nSPS) is 11.3. The molecule has 0 aliphatic rings. The van der Waals surface area contributed by atoms with Crippen molar-refractivity contribution < 1.29 is 9.59 Å². The zero-order chi connectivity index (χ0) is 29.3. The van der Waals surface area contributed by atoms with Gasteiger partial charge in [-0.25, -0.2) is 0 Å². The van der Waals surface area contributed by atoms with Gasteiger partial charge in [0.2, 0.25) is 0 Å². The van der Waals surface area contributed by atoms with E-state index in [0.717, 1.165) is 54.3 Å². The van der Waals surface area contributed by atoms with Crippen molar-refractivity contribution in [1.82, 2.24) is 9.97 Å². The molecule has 6 heteroatoms. The minimum absolute atomic E-state index is 0.0596. The standard InChI is InChI=1S/C36H28N2O2S2/c1-25(39)41-33-11-7-29(8-12-33)35-23-32(6-4-28-17-21-38-22-18-28)36(30-9-13-34(14-10-30)42-26(2)40)24-31(35)5-3-27-15-19-37-20-16-27/h3-24H,1-2H3/b5-3+,6-4+. The second-order valence-electron chi connectivity index (χ2n) is 9.49. The highest BCUT2D eigenvalue weighted by Crippen LogP contribution is 2.36. The van der Waals surface area contributed by atoms with Crippen molar-refractivity contribution in [3.05, 3.63) is 132 Å². The minimum atomic E-state index is 0.0596. The Bertz CT molecular complexity index is 1610. The average molecular weight is 585 g/mol. The zero-order valence-corrected chi connectivity index (χ0v) is 24.9. The number of carbonyl (C=O) groups is 2. The van der Waals surface area contributed by atoms with E-state index in [1.807, 2.05) is 48.5 Å². The predicted molar refractivity (Wildman–Crippen MR) is 177 cm³/mol. The maximum atomic E-state index is 11.6. The Kier molecular flexibility index (Phi) is 9.59. The van der Waals surface area contributed by atoms with Crippen molar-refractivity contribution >= 4 is 58.1 Å². The van der Waals surface area contributed by atoms with Gasteiger partial charge in [0.1, 0.15) is 0 Å². The van der Waals surface area contributed by atoms with Crippen LogP contribution in [0.4, 0.5) is 0 Å². The van der Waals surface area contributed by atoms with E-state index in [2.05, 4.69) is 70.7 Å². The van der Waals surface area contributed by atoms with E-state index in [9.17, 15) is 9.59 Å². The SMILES string of the molecule is CC(=O)Sc1ccc(-c2cc(/C=C/c3ccncc3)c(-c3ccc(SC(C)=O)cc3)cc2/C=C/c2ccncc2)cc1. The highest BCUT2D eigenvalue weighted by atomic mass is 32.2. The lowest BCUT2D eigenvalue weighted by Crippen LogP contribution is -1.92. The molecule has 2 heterocycles. The molecular weight excluding hydrogens is 557 g/mol. The largest absolute Gasteiger partial charge is 0.287 e. The number of aromatic nitrogens is 2. The molecule has 5 rings (SSSR count). The van der Waals surface area contributed by atoms with E-state index in [1.165, 1.54) is 23.5 Å². The maximum Gasteiger partial charge on any atom is 0.190 e. The summed E-state index contributed by atoms with van der Waals surface area (Å²) in [6, 6.07) is 28.5. The number of pyridine rings is 2. The van der Waals surface area contributed by atoms with Crippen LogP contribution in [0.3, 0.4) is 0 Å². The summed E-state index contributed by atoms with van der Waals surface area (Å²) in [5.41, 5.74) is 8.46. The zero-order valence-electron chi connectivity index (χ0n) is 23.2. The van der Waals surface area contributed by atoms with Crippen LogP contribution in [0.15, 0.2) is 120 Å². The second kappa shape index (κ2) is 13.9. The van der Waals surface area contributed by atoms with Crippen molar-refractivity contribution in [2.24, 2.45) is 0 Å². The van der Waals surface area contributed by atoms with E-state index in [1.54, 1.807) is 38.6 Å². The van der Waals surface area contributed by atoms with Crippen LogP contribution < -0.4 is 0 Å². The fourth-order valence-corrected chi connectivity index (χ4v) is 5.68. The summed E-state index contributed by atoms with van der Waals surface area (Å²) in [5.74, 6) is 0. The highest BCUT2D eigenvalue weighted by molar-refractivity contribution is 8.13. The second-order valence-corrected chi connectivity index (χ2v) is 12.0. The smallest absolute Gasteiger partial charge is 0.190 e. The molecule has 0 aliphatic carbocycles. The lowest BCUT2D eigenvalue weighted by molar-refractivity contribution is -0.109. The summed E-state index contributed by atoms with van der Waals surface area (Å²) in [6.45, 7) is 3.15. The molecule has 0 fully saturated rings. The molecule has 5 aromatic rings. The molecule has 206 valence electrons. The molecule has 0 N–H and O–H groups in total. The van der Waals surface area contributed by atoms with Crippen LogP contribution in [0, 0.1) is 0 Å². The number of nitrogens with zero attached hydrogens (tertiary/aromatic N) is 2. The van der Waals surface area contributed by atoms with Crippen LogP contribution >= 0.6 is 23.5 Å². The topological polar surface area (TPSA) is 59.9 Å². The Morgan fingerprint density at radius 2 is 0.881 bits per heavy atom. The van der Waals surface area contributed by atoms with Crippen molar-refractivity contribution in [2.45, 2.75) is 23.6 Å². The van der Waals surface area contributed by atoms with Gasteiger partial charge in [0.25, 0.3) is 0 Å². The number of hydrogen-bond acceptors (Lipinski definition) is 6. The van der Waals surface area contributed by atoms with Crippen LogP contribution in [0.1, 0.15) is 36.1 Å². The number of rotatable bonds is 8.